The number of rotatable bonds is 7. The van der Waals surface area contributed by atoms with Crippen LogP contribution in [-0.2, 0) is 15.3 Å². The van der Waals surface area contributed by atoms with Gasteiger partial charge in [0.1, 0.15) is 0 Å². The molecule has 1 saturated carbocycles. The van der Waals surface area contributed by atoms with E-state index in [0.717, 1.165) is 44.1 Å². The molecule has 168 valence electrons. The number of nitrogens with zero attached hydrogens (tertiary/aromatic N) is 1. The lowest BCUT2D eigenvalue weighted by Gasteiger charge is -2.25. The zero-order valence-corrected chi connectivity index (χ0v) is 19.5. The van der Waals surface area contributed by atoms with Crippen molar-refractivity contribution in [2.75, 3.05) is 14.2 Å². The highest BCUT2D eigenvalue weighted by molar-refractivity contribution is 8.03. The predicted octanol–water partition coefficient (Wildman–Crippen LogP) is 5.44. The highest BCUT2D eigenvalue weighted by Crippen LogP contribution is 2.42. The van der Waals surface area contributed by atoms with Gasteiger partial charge in [-0.1, -0.05) is 62.1 Å². The summed E-state index contributed by atoms with van der Waals surface area (Å²) in [5.74, 6) is 1.41. The summed E-state index contributed by atoms with van der Waals surface area (Å²) < 4.78 is 10.8. The molecule has 0 atom stereocenters. The van der Waals surface area contributed by atoms with Gasteiger partial charge in [-0.3, -0.25) is 14.5 Å². The van der Waals surface area contributed by atoms with Crippen LogP contribution < -0.4 is 9.47 Å². The molecular formula is C26H29NO4S. The largest absolute Gasteiger partial charge is 0.493 e. The fourth-order valence-corrected chi connectivity index (χ4v) is 5.56. The number of imide groups is 1. The van der Waals surface area contributed by atoms with Crippen LogP contribution in [0.25, 0.3) is 5.57 Å². The number of carbonyl (C=O) groups is 2. The maximum atomic E-state index is 13.7. The van der Waals surface area contributed by atoms with Gasteiger partial charge >= 0.3 is 0 Å². The van der Waals surface area contributed by atoms with Gasteiger partial charge in [-0.05, 0) is 36.1 Å². The maximum Gasteiger partial charge on any atom is 0.268 e. The molecule has 4 rings (SSSR count). The van der Waals surface area contributed by atoms with Crippen molar-refractivity contribution in [2.45, 2.75) is 50.3 Å². The molecule has 0 radical (unpaired) electrons. The van der Waals surface area contributed by atoms with Crippen molar-refractivity contribution in [1.29, 1.82) is 0 Å². The Morgan fingerprint density at radius 2 is 1.56 bits per heavy atom. The molecule has 1 aliphatic carbocycles. The Bertz CT molecular complexity index is 1010. The normalized spacial score (nSPS) is 17.6. The lowest BCUT2D eigenvalue weighted by molar-refractivity contribution is -0.139. The molecule has 0 saturated heterocycles. The van der Waals surface area contributed by atoms with Gasteiger partial charge < -0.3 is 9.47 Å². The molecular weight excluding hydrogens is 422 g/mol. The summed E-state index contributed by atoms with van der Waals surface area (Å²) in [5.41, 5.74) is 2.28. The minimum atomic E-state index is -0.190. The number of thioether (sulfide) groups is 1. The van der Waals surface area contributed by atoms with Crippen LogP contribution in [0.2, 0.25) is 0 Å². The predicted molar refractivity (Wildman–Crippen MR) is 128 cm³/mol. The fourth-order valence-electron chi connectivity index (χ4n) is 4.48. The lowest BCUT2D eigenvalue weighted by Crippen LogP contribution is -2.40. The first-order valence-corrected chi connectivity index (χ1v) is 12.1. The molecule has 1 heterocycles. The van der Waals surface area contributed by atoms with Crippen molar-refractivity contribution in [3.63, 3.8) is 0 Å². The Kier molecular flexibility index (Phi) is 7.20. The smallest absolute Gasteiger partial charge is 0.268 e. The summed E-state index contributed by atoms with van der Waals surface area (Å²) in [5, 5.41) is 0. The summed E-state index contributed by atoms with van der Waals surface area (Å²) in [6.45, 7) is 0. The van der Waals surface area contributed by atoms with Crippen molar-refractivity contribution in [2.24, 2.45) is 0 Å². The molecule has 2 aromatic rings. The van der Waals surface area contributed by atoms with Crippen LogP contribution in [0.15, 0.2) is 53.4 Å². The van der Waals surface area contributed by atoms with Crippen molar-refractivity contribution in [3.05, 3.63) is 64.6 Å². The second kappa shape index (κ2) is 10.3. The highest BCUT2D eigenvalue weighted by atomic mass is 32.2. The number of hydrogen-bond donors (Lipinski definition) is 0. The number of carbonyl (C=O) groups excluding carboxylic acids is 2. The topological polar surface area (TPSA) is 55.8 Å². The third-order valence-electron chi connectivity index (χ3n) is 6.16. The SMILES string of the molecule is COc1ccc(C2=C(SCc3ccccc3)C(=O)N(C3CCCCCC3)C2=O)cc1OC. The summed E-state index contributed by atoms with van der Waals surface area (Å²) in [6.07, 6.45) is 6.21. The number of amides is 2. The number of ether oxygens (including phenoxy) is 2. The van der Waals surface area contributed by atoms with Crippen LogP contribution >= 0.6 is 11.8 Å². The first-order valence-electron chi connectivity index (χ1n) is 11.1. The first-order chi connectivity index (χ1) is 15.6. The number of hydrogen-bond acceptors (Lipinski definition) is 5. The van der Waals surface area contributed by atoms with Gasteiger partial charge in [0.15, 0.2) is 11.5 Å². The second-order valence-electron chi connectivity index (χ2n) is 8.17. The average Bonchev–Trinajstić information content (AvgIpc) is 2.98. The van der Waals surface area contributed by atoms with E-state index < -0.39 is 0 Å². The van der Waals surface area contributed by atoms with Crippen molar-refractivity contribution in [3.8, 4) is 11.5 Å². The fraction of sp³-hybridized carbons (Fsp3) is 0.385. The Balaban J connectivity index is 1.72. The van der Waals surface area contributed by atoms with Crippen LogP contribution in [0.5, 0.6) is 11.5 Å². The second-order valence-corrected chi connectivity index (χ2v) is 9.16. The monoisotopic (exact) mass is 451 g/mol. The molecule has 6 heteroatoms. The van der Waals surface area contributed by atoms with E-state index in [1.165, 1.54) is 16.7 Å². The van der Waals surface area contributed by atoms with E-state index in [1.54, 1.807) is 26.4 Å². The molecule has 0 unspecified atom stereocenters. The molecule has 0 N–H and O–H groups in total. The average molecular weight is 452 g/mol. The third kappa shape index (κ3) is 4.56. The molecule has 1 fully saturated rings. The van der Waals surface area contributed by atoms with Gasteiger partial charge in [-0.25, -0.2) is 0 Å². The Hall–Kier alpha value is -2.73. The van der Waals surface area contributed by atoms with E-state index in [9.17, 15) is 9.59 Å². The molecule has 0 bridgehead atoms. The van der Waals surface area contributed by atoms with E-state index in [1.807, 2.05) is 36.4 Å². The maximum absolute atomic E-state index is 13.7. The molecule has 2 amide bonds. The Morgan fingerprint density at radius 3 is 2.22 bits per heavy atom. The van der Waals surface area contributed by atoms with Gasteiger partial charge in [-0.15, -0.1) is 11.8 Å². The highest BCUT2D eigenvalue weighted by Gasteiger charge is 2.42. The van der Waals surface area contributed by atoms with Crippen LogP contribution in [0.3, 0.4) is 0 Å². The summed E-state index contributed by atoms with van der Waals surface area (Å²) in [4.78, 5) is 29.3. The van der Waals surface area contributed by atoms with Crippen LogP contribution in [-0.4, -0.2) is 37.0 Å². The number of benzene rings is 2. The van der Waals surface area contributed by atoms with Crippen LogP contribution in [0.1, 0.15) is 49.7 Å². The van der Waals surface area contributed by atoms with Gasteiger partial charge in [-0.2, -0.15) is 0 Å². The van der Waals surface area contributed by atoms with E-state index in [4.69, 9.17) is 9.47 Å². The minimum absolute atomic E-state index is 0.0255. The van der Waals surface area contributed by atoms with Crippen LogP contribution in [0, 0.1) is 0 Å². The molecule has 32 heavy (non-hydrogen) atoms. The van der Waals surface area contributed by atoms with E-state index in [-0.39, 0.29) is 17.9 Å². The Labute approximate surface area is 193 Å². The summed E-state index contributed by atoms with van der Waals surface area (Å²) >= 11 is 1.44. The van der Waals surface area contributed by atoms with Crippen LogP contribution in [0.4, 0.5) is 0 Å². The van der Waals surface area contributed by atoms with E-state index in [2.05, 4.69) is 0 Å². The summed E-state index contributed by atoms with van der Waals surface area (Å²) in [7, 11) is 3.15. The molecule has 1 aliphatic heterocycles. The van der Waals surface area contributed by atoms with Gasteiger partial charge in [0.25, 0.3) is 11.8 Å². The van der Waals surface area contributed by atoms with Crippen molar-refractivity contribution < 1.29 is 19.1 Å². The lowest BCUT2D eigenvalue weighted by atomic mass is 10.0. The summed E-state index contributed by atoms with van der Waals surface area (Å²) in [6, 6.07) is 15.4. The number of methoxy groups -OCH3 is 2. The first kappa shape index (κ1) is 22.5. The van der Waals surface area contributed by atoms with Crippen molar-refractivity contribution >= 4 is 29.1 Å². The quantitative estimate of drug-likeness (QED) is 0.414. The molecule has 0 aromatic heterocycles. The minimum Gasteiger partial charge on any atom is -0.493 e. The standard InChI is InChI=1S/C26H29NO4S/c1-30-21-15-14-19(16-22(21)31-2)23-24(32-17-18-10-6-5-7-11-18)26(29)27(25(23)28)20-12-8-3-4-9-13-20/h5-7,10-11,14-16,20H,3-4,8-9,12-13,17H2,1-2H3. The molecule has 2 aromatic carbocycles. The molecule has 0 spiro atoms. The third-order valence-corrected chi connectivity index (χ3v) is 7.31. The van der Waals surface area contributed by atoms with E-state index in [0.29, 0.717) is 33.3 Å². The molecule has 5 nitrogen and oxygen atoms in total. The van der Waals surface area contributed by atoms with Gasteiger partial charge in [0, 0.05) is 11.8 Å². The van der Waals surface area contributed by atoms with E-state index >= 15 is 0 Å². The van der Waals surface area contributed by atoms with Gasteiger partial charge in [0.2, 0.25) is 0 Å². The Morgan fingerprint density at radius 1 is 0.875 bits per heavy atom. The van der Waals surface area contributed by atoms with Gasteiger partial charge in [0.05, 0.1) is 24.7 Å². The zero-order chi connectivity index (χ0) is 22.5. The molecule has 2 aliphatic rings. The zero-order valence-electron chi connectivity index (χ0n) is 18.6. The van der Waals surface area contributed by atoms with Crippen molar-refractivity contribution in [1.82, 2.24) is 4.90 Å².